The van der Waals surface area contributed by atoms with Crippen molar-refractivity contribution in [2.75, 3.05) is 6.54 Å². The third-order valence-corrected chi connectivity index (χ3v) is 1.72. The number of halogens is 3. The molecule has 4 nitrogen and oxygen atoms in total. The molecule has 1 aromatic rings. The molecule has 0 radical (unpaired) electrons. The van der Waals surface area contributed by atoms with Crippen LogP contribution in [-0.2, 0) is 11.0 Å². The highest BCUT2D eigenvalue weighted by atomic mass is 19.4. The zero-order valence-corrected chi connectivity index (χ0v) is 8.45. The molecule has 0 saturated carbocycles. The number of carbonyl (C=O) groups is 2. The highest BCUT2D eigenvalue weighted by molar-refractivity contribution is 5.73. The highest BCUT2D eigenvalue weighted by Crippen LogP contribution is 2.30. The minimum Gasteiger partial charge on any atom is -0.410 e. The Balaban J connectivity index is 2.62. The van der Waals surface area contributed by atoms with Crippen LogP contribution in [0.2, 0.25) is 0 Å². The number of carbonyl (C=O) groups excluding carboxylic acids is 2. The number of ether oxygens (including phenoxy) is 1. The second-order valence-electron chi connectivity index (χ2n) is 2.96. The fourth-order valence-corrected chi connectivity index (χ4v) is 0.980. The third kappa shape index (κ3) is 4.13. The molecule has 0 atom stereocenters. The number of hydrogen-bond donors (Lipinski definition) is 1. The van der Waals surface area contributed by atoms with Gasteiger partial charge in [-0.15, -0.1) is 0 Å². The van der Waals surface area contributed by atoms with Crippen LogP contribution in [0.25, 0.3) is 0 Å². The standard InChI is InChI=1S/C10H8F3NO3/c11-10(12,13)7-1-3-8(4-2-7)17-9(16)14-5-6-15/h1-4,6H,5H2,(H,14,16). The molecule has 0 unspecified atom stereocenters. The van der Waals surface area contributed by atoms with E-state index in [1.807, 2.05) is 0 Å². The molecule has 0 aromatic heterocycles. The number of amides is 1. The monoisotopic (exact) mass is 247 g/mol. The molecular weight excluding hydrogens is 239 g/mol. The van der Waals surface area contributed by atoms with E-state index in [9.17, 15) is 22.8 Å². The number of alkyl halides is 3. The summed E-state index contributed by atoms with van der Waals surface area (Å²) in [5.41, 5.74) is -0.835. The van der Waals surface area contributed by atoms with Gasteiger partial charge in [-0.3, -0.25) is 0 Å². The molecule has 0 spiro atoms. The molecule has 1 rings (SSSR count). The van der Waals surface area contributed by atoms with Crippen LogP contribution in [0.1, 0.15) is 5.56 Å². The van der Waals surface area contributed by atoms with Gasteiger partial charge in [0.15, 0.2) is 0 Å². The van der Waals surface area contributed by atoms with E-state index >= 15 is 0 Å². The summed E-state index contributed by atoms with van der Waals surface area (Å²) in [4.78, 5) is 20.9. The summed E-state index contributed by atoms with van der Waals surface area (Å²) < 4.78 is 41.2. The zero-order valence-electron chi connectivity index (χ0n) is 8.45. The smallest absolute Gasteiger partial charge is 0.410 e. The van der Waals surface area contributed by atoms with Gasteiger partial charge in [0, 0.05) is 0 Å². The first-order valence-electron chi connectivity index (χ1n) is 4.50. The van der Waals surface area contributed by atoms with E-state index < -0.39 is 17.8 Å². The normalized spacial score (nSPS) is 10.8. The fraction of sp³-hybridized carbons (Fsp3) is 0.200. The quantitative estimate of drug-likeness (QED) is 0.831. The van der Waals surface area contributed by atoms with E-state index in [4.69, 9.17) is 0 Å². The summed E-state index contributed by atoms with van der Waals surface area (Å²) in [6.07, 6.45) is -4.89. The van der Waals surface area contributed by atoms with Crippen molar-refractivity contribution in [1.82, 2.24) is 5.32 Å². The van der Waals surface area contributed by atoms with Gasteiger partial charge in [0.1, 0.15) is 12.0 Å². The van der Waals surface area contributed by atoms with Crippen LogP contribution in [0.4, 0.5) is 18.0 Å². The second kappa shape index (κ2) is 5.33. The third-order valence-electron chi connectivity index (χ3n) is 1.72. The molecule has 92 valence electrons. The van der Waals surface area contributed by atoms with Gasteiger partial charge in [-0.05, 0) is 24.3 Å². The number of hydrogen-bond acceptors (Lipinski definition) is 3. The summed E-state index contributed by atoms with van der Waals surface area (Å²) in [5, 5.41) is 2.07. The number of aldehydes is 1. The average Bonchev–Trinajstić information content (AvgIpc) is 2.26. The summed E-state index contributed by atoms with van der Waals surface area (Å²) >= 11 is 0. The predicted octanol–water partition coefficient (Wildman–Crippen LogP) is 1.99. The molecule has 1 aromatic carbocycles. The maximum atomic E-state index is 12.2. The molecule has 7 heteroatoms. The van der Waals surface area contributed by atoms with Crippen LogP contribution >= 0.6 is 0 Å². The molecule has 17 heavy (non-hydrogen) atoms. The fourth-order valence-electron chi connectivity index (χ4n) is 0.980. The van der Waals surface area contributed by atoms with Gasteiger partial charge in [-0.2, -0.15) is 13.2 Å². The summed E-state index contributed by atoms with van der Waals surface area (Å²) in [5.74, 6) is -0.0404. The first-order valence-corrected chi connectivity index (χ1v) is 4.50. The number of benzene rings is 1. The Kier molecular flexibility index (Phi) is 4.08. The lowest BCUT2D eigenvalue weighted by atomic mass is 10.2. The SMILES string of the molecule is O=CCNC(=O)Oc1ccc(C(F)(F)F)cc1. The molecule has 0 saturated heterocycles. The second-order valence-corrected chi connectivity index (χ2v) is 2.96. The summed E-state index contributed by atoms with van der Waals surface area (Å²) in [6.45, 7) is -0.223. The van der Waals surface area contributed by atoms with Crippen LogP contribution in [0.5, 0.6) is 5.75 Å². The van der Waals surface area contributed by atoms with Crippen molar-refractivity contribution >= 4 is 12.4 Å². The van der Waals surface area contributed by atoms with Crippen LogP contribution in [0.15, 0.2) is 24.3 Å². The Hall–Kier alpha value is -2.05. The van der Waals surface area contributed by atoms with Gasteiger partial charge in [-0.25, -0.2) is 4.79 Å². The lowest BCUT2D eigenvalue weighted by Gasteiger charge is -2.08. The van der Waals surface area contributed by atoms with E-state index in [1.165, 1.54) is 0 Å². The minimum absolute atomic E-state index is 0.0404. The van der Waals surface area contributed by atoms with E-state index in [0.29, 0.717) is 6.29 Å². The molecule has 1 amide bonds. The van der Waals surface area contributed by atoms with Crippen LogP contribution < -0.4 is 10.1 Å². The molecule has 1 N–H and O–H groups in total. The molecule has 0 aliphatic carbocycles. The van der Waals surface area contributed by atoms with Crippen LogP contribution in [0, 0.1) is 0 Å². The van der Waals surface area contributed by atoms with Crippen LogP contribution in [-0.4, -0.2) is 18.9 Å². The first-order chi connectivity index (χ1) is 7.93. The Morgan fingerprint density at radius 1 is 1.29 bits per heavy atom. The highest BCUT2D eigenvalue weighted by Gasteiger charge is 2.30. The van der Waals surface area contributed by atoms with Crippen molar-refractivity contribution < 1.29 is 27.5 Å². The van der Waals surface area contributed by atoms with Gasteiger partial charge in [0.25, 0.3) is 0 Å². The lowest BCUT2D eigenvalue weighted by Crippen LogP contribution is -2.28. The number of rotatable bonds is 3. The van der Waals surface area contributed by atoms with Crippen molar-refractivity contribution in [3.63, 3.8) is 0 Å². The Morgan fingerprint density at radius 3 is 2.35 bits per heavy atom. The van der Waals surface area contributed by atoms with E-state index in [1.54, 1.807) is 0 Å². The first kappa shape index (κ1) is 13.0. The van der Waals surface area contributed by atoms with Crippen molar-refractivity contribution in [3.8, 4) is 5.75 Å². The van der Waals surface area contributed by atoms with Crippen molar-refractivity contribution in [3.05, 3.63) is 29.8 Å². The number of nitrogens with one attached hydrogen (secondary N) is 1. The topological polar surface area (TPSA) is 55.4 Å². The van der Waals surface area contributed by atoms with Crippen LogP contribution in [0.3, 0.4) is 0 Å². The van der Waals surface area contributed by atoms with Gasteiger partial charge < -0.3 is 14.8 Å². The molecular formula is C10H8F3NO3. The predicted molar refractivity (Wildman–Crippen MR) is 51.5 cm³/mol. The maximum Gasteiger partial charge on any atom is 0.416 e. The molecule has 0 aliphatic rings. The van der Waals surface area contributed by atoms with Gasteiger partial charge in [0.05, 0.1) is 12.1 Å². The molecule has 0 fully saturated rings. The molecule has 0 heterocycles. The lowest BCUT2D eigenvalue weighted by molar-refractivity contribution is -0.137. The van der Waals surface area contributed by atoms with Gasteiger partial charge in [-0.1, -0.05) is 0 Å². The van der Waals surface area contributed by atoms with E-state index in [-0.39, 0.29) is 12.3 Å². The Bertz CT molecular complexity index is 400. The van der Waals surface area contributed by atoms with E-state index in [0.717, 1.165) is 24.3 Å². The van der Waals surface area contributed by atoms with Gasteiger partial charge in [0.2, 0.25) is 0 Å². The Morgan fingerprint density at radius 2 is 1.88 bits per heavy atom. The van der Waals surface area contributed by atoms with Crippen molar-refractivity contribution in [1.29, 1.82) is 0 Å². The average molecular weight is 247 g/mol. The van der Waals surface area contributed by atoms with Crippen molar-refractivity contribution in [2.45, 2.75) is 6.18 Å². The molecule has 0 bridgehead atoms. The zero-order chi connectivity index (χ0) is 12.9. The maximum absolute atomic E-state index is 12.2. The summed E-state index contributed by atoms with van der Waals surface area (Å²) in [6, 6.07) is 3.62. The minimum atomic E-state index is -4.43. The van der Waals surface area contributed by atoms with Gasteiger partial charge >= 0.3 is 12.3 Å². The van der Waals surface area contributed by atoms with E-state index in [2.05, 4.69) is 10.1 Å². The Labute approximate surface area is 94.4 Å². The van der Waals surface area contributed by atoms with Crippen molar-refractivity contribution in [2.24, 2.45) is 0 Å². The summed E-state index contributed by atoms with van der Waals surface area (Å²) in [7, 11) is 0. The largest absolute Gasteiger partial charge is 0.416 e. The molecule has 0 aliphatic heterocycles.